The molecule has 25 heavy (non-hydrogen) atoms. The van der Waals surface area contributed by atoms with Crippen molar-refractivity contribution in [1.29, 1.82) is 0 Å². The summed E-state index contributed by atoms with van der Waals surface area (Å²) in [5.74, 6) is -0.760. The van der Waals surface area contributed by atoms with E-state index < -0.39 is 5.63 Å². The number of carbonyl (C=O) groups excluding carboxylic acids is 1. The molecular weight excluding hydrogens is 326 g/mol. The Labute approximate surface area is 144 Å². The van der Waals surface area contributed by atoms with Crippen LogP contribution in [0.2, 0.25) is 0 Å². The Hall–Kier alpha value is -2.54. The van der Waals surface area contributed by atoms with Crippen LogP contribution in [0.5, 0.6) is 11.5 Å². The van der Waals surface area contributed by atoms with Gasteiger partial charge >= 0.3 is 11.6 Å². The number of fused-ring (bicyclic) bond motifs is 1. The summed E-state index contributed by atoms with van der Waals surface area (Å²) in [6, 6.07) is 4.08. The average Bonchev–Trinajstić information content (AvgIpc) is 2.57. The molecule has 1 aliphatic heterocycles. The van der Waals surface area contributed by atoms with Crippen molar-refractivity contribution >= 4 is 16.9 Å². The lowest BCUT2D eigenvalue weighted by Crippen LogP contribution is -3.11. The van der Waals surface area contributed by atoms with Gasteiger partial charge in [-0.15, -0.1) is 0 Å². The molecular formula is C18H22NO6+. The van der Waals surface area contributed by atoms with Crippen molar-refractivity contribution in [3.63, 3.8) is 0 Å². The van der Waals surface area contributed by atoms with E-state index in [9.17, 15) is 19.8 Å². The highest BCUT2D eigenvalue weighted by Gasteiger charge is 2.28. The van der Waals surface area contributed by atoms with Crippen LogP contribution in [-0.2, 0) is 16.1 Å². The van der Waals surface area contributed by atoms with Crippen molar-refractivity contribution in [2.75, 3.05) is 19.7 Å². The van der Waals surface area contributed by atoms with Gasteiger partial charge in [-0.1, -0.05) is 0 Å². The minimum atomic E-state index is -0.492. The van der Waals surface area contributed by atoms with E-state index in [-0.39, 0.29) is 29.0 Å². The first kappa shape index (κ1) is 17.3. The largest absolute Gasteiger partial charge is 0.504 e. The Morgan fingerprint density at radius 1 is 1.24 bits per heavy atom. The van der Waals surface area contributed by atoms with Gasteiger partial charge in [0.15, 0.2) is 11.5 Å². The standard InChI is InChI=1S/C18H21NO6/c1-2-24-18(23)11-3-5-19(6-4-11)10-12-7-17(22)25-16-9-15(21)14(20)8-13(12)16/h7-9,11,20-21H,2-6,10H2,1H3/p+1. The van der Waals surface area contributed by atoms with Crippen LogP contribution in [-0.4, -0.2) is 35.9 Å². The number of aromatic hydroxyl groups is 2. The fourth-order valence-corrected chi connectivity index (χ4v) is 3.37. The number of carbonyl (C=O) groups is 1. The smallest absolute Gasteiger partial charge is 0.336 e. The van der Waals surface area contributed by atoms with E-state index in [1.807, 2.05) is 0 Å². The van der Waals surface area contributed by atoms with E-state index in [1.165, 1.54) is 23.1 Å². The SMILES string of the molecule is CCOC(=O)C1CC[NH+](Cc2cc(=O)oc3cc(O)c(O)cc23)CC1. The molecule has 2 heterocycles. The summed E-state index contributed by atoms with van der Waals surface area (Å²) in [4.78, 5) is 24.8. The second-order valence-electron chi connectivity index (χ2n) is 6.38. The third kappa shape index (κ3) is 3.76. The molecule has 134 valence electrons. The van der Waals surface area contributed by atoms with Gasteiger partial charge in [-0.05, 0) is 13.0 Å². The molecule has 0 spiro atoms. The van der Waals surface area contributed by atoms with Gasteiger partial charge in [0, 0.05) is 35.9 Å². The number of hydrogen-bond donors (Lipinski definition) is 3. The van der Waals surface area contributed by atoms with Gasteiger partial charge in [0.2, 0.25) is 0 Å². The quantitative estimate of drug-likeness (QED) is 0.424. The Balaban J connectivity index is 1.77. The lowest BCUT2D eigenvalue weighted by atomic mass is 9.96. The molecule has 0 saturated carbocycles. The molecule has 1 aromatic heterocycles. The third-order valence-corrected chi connectivity index (χ3v) is 4.68. The van der Waals surface area contributed by atoms with E-state index in [1.54, 1.807) is 6.92 Å². The van der Waals surface area contributed by atoms with Gasteiger partial charge in [-0.3, -0.25) is 4.79 Å². The summed E-state index contributed by atoms with van der Waals surface area (Å²) in [5.41, 5.74) is 0.512. The Morgan fingerprint density at radius 2 is 1.92 bits per heavy atom. The molecule has 2 aromatic rings. The van der Waals surface area contributed by atoms with E-state index >= 15 is 0 Å². The van der Waals surface area contributed by atoms with Gasteiger partial charge in [0.25, 0.3) is 0 Å². The molecule has 3 N–H and O–H groups in total. The van der Waals surface area contributed by atoms with Crippen molar-refractivity contribution in [2.24, 2.45) is 5.92 Å². The lowest BCUT2D eigenvalue weighted by molar-refractivity contribution is -0.919. The van der Waals surface area contributed by atoms with Crippen molar-refractivity contribution in [3.8, 4) is 11.5 Å². The van der Waals surface area contributed by atoms with Crippen LogP contribution in [0.4, 0.5) is 0 Å². The molecule has 0 atom stereocenters. The maximum atomic E-state index is 11.8. The van der Waals surface area contributed by atoms with E-state index in [2.05, 4.69) is 0 Å². The van der Waals surface area contributed by atoms with Crippen LogP contribution < -0.4 is 10.5 Å². The molecule has 1 aliphatic rings. The highest BCUT2D eigenvalue weighted by atomic mass is 16.5. The highest BCUT2D eigenvalue weighted by Crippen LogP contribution is 2.31. The highest BCUT2D eigenvalue weighted by molar-refractivity contribution is 5.83. The first-order valence-corrected chi connectivity index (χ1v) is 8.47. The average molecular weight is 348 g/mol. The minimum Gasteiger partial charge on any atom is -0.504 e. The van der Waals surface area contributed by atoms with Crippen LogP contribution in [0.15, 0.2) is 27.4 Å². The van der Waals surface area contributed by atoms with Crippen molar-refractivity contribution in [3.05, 3.63) is 34.2 Å². The Morgan fingerprint density at radius 3 is 2.60 bits per heavy atom. The molecule has 1 fully saturated rings. The summed E-state index contributed by atoms with van der Waals surface area (Å²) in [7, 11) is 0. The molecule has 0 aliphatic carbocycles. The summed E-state index contributed by atoms with van der Waals surface area (Å²) < 4.78 is 10.2. The number of benzene rings is 1. The predicted octanol–water partition coefficient (Wildman–Crippen LogP) is 0.562. The molecule has 0 bridgehead atoms. The number of ether oxygens (including phenoxy) is 1. The van der Waals surface area contributed by atoms with Crippen LogP contribution in [0.25, 0.3) is 11.0 Å². The fraction of sp³-hybridized carbons (Fsp3) is 0.444. The van der Waals surface area contributed by atoms with Crippen molar-refractivity contribution in [2.45, 2.75) is 26.3 Å². The first-order chi connectivity index (χ1) is 12.0. The number of phenolic OH excluding ortho intramolecular Hbond substituents is 2. The number of esters is 1. The topological polar surface area (TPSA) is 101 Å². The maximum absolute atomic E-state index is 11.8. The molecule has 3 rings (SSSR count). The van der Waals surface area contributed by atoms with Crippen LogP contribution in [0.3, 0.4) is 0 Å². The zero-order chi connectivity index (χ0) is 18.0. The fourth-order valence-electron chi connectivity index (χ4n) is 3.37. The monoisotopic (exact) mass is 348 g/mol. The van der Waals surface area contributed by atoms with Gasteiger partial charge in [0.05, 0.1) is 25.6 Å². The van der Waals surface area contributed by atoms with Gasteiger partial charge in [0.1, 0.15) is 12.1 Å². The normalized spacial score (nSPS) is 20.5. The number of quaternary nitrogens is 1. The Bertz CT molecular complexity index is 835. The van der Waals surface area contributed by atoms with Crippen molar-refractivity contribution in [1.82, 2.24) is 0 Å². The number of likely N-dealkylation sites (tertiary alicyclic amines) is 1. The predicted molar refractivity (Wildman–Crippen MR) is 89.6 cm³/mol. The molecule has 0 unspecified atom stereocenters. The number of hydrogen-bond acceptors (Lipinski definition) is 6. The second kappa shape index (κ2) is 7.14. The van der Waals surface area contributed by atoms with Crippen LogP contribution in [0, 0.1) is 5.92 Å². The summed E-state index contributed by atoms with van der Waals surface area (Å²) in [5, 5.41) is 19.9. The number of rotatable bonds is 4. The molecule has 0 amide bonds. The molecule has 0 radical (unpaired) electrons. The molecule has 7 nitrogen and oxygen atoms in total. The Kier molecular flexibility index (Phi) is 4.94. The number of phenols is 2. The van der Waals surface area contributed by atoms with Crippen LogP contribution in [0.1, 0.15) is 25.3 Å². The molecule has 7 heteroatoms. The van der Waals surface area contributed by atoms with E-state index in [0.717, 1.165) is 31.5 Å². The maximum Gasteiger partial charge on any atom is 0.336 e. The van der Waals surface area contributed by atoms with Gasteiger partial charge < -0.3 is 24.3 Å². The number of piperidine rings is 1. The van der Waals surface area contributed by atoms with E-state index in [0.29, 0.717) is 18.5 Å². The second-order valence-corrected chi connectivity index (χ2v) is 6.38. The third-order valence-electron chi connectivity index (χ3n) is 4.68. The van der Waals surface area contributed by atoms with Gasteiger partial charge in [-0.2, -0.15) is 0 Å². The zero-order valence-electron chi connectivity index (χ0n) is 14.1. The first-order valence-electron chi connectivity index (χ1n) is 8.47. The summed E-state index contributed by atoms with van der Waals surface area (Å²) in [6.45, 7) is 4.39. The summed E-state index contributed by atoms with van der Waals surface area (Å²) in [6.07, 6.45) is 1.50. The van der Waals surface area contributed by atoms with Crippen LogP contribution >= 0.6 is 0 Å². The molecule has 1 saturated heterocycles. The van der Waals surface area contributed by atoms with Crippen molar-refractivity contribution < 1.29 is 29.1 Å². The summed E-state index contributed by atoms with van der Waals surface area (Å²) >= 11 is 0. The van der Waals surface area contributed by atoms with E-state index in [4.69, 9.17) is 9.15 Å². The molecule has 1 aromatic carbocycles. The number of nitrogens with one attached hydrogen (secondary N) is 1. The minimum absolute atomic E-state index is 0.0534. The van der Waals surface area contributed by atoms with Gasteiger partial charge in [-0.25, -0.2) is 4.79 Å². The zero-order valence-corrected chi connectivity index (χ0v) is 14.1. The lowest BCUT2D eigenvalue weighted by Gasteiger charge is -2.28.